The van der Waals surface area contributed by atoms with E-state index in [2.05, 4.69) is 10.7 Å². The van der Waals surface area contributed by atoms with Crippen molar-refractivity contribution in [2.75, 3.05) is 7.11 Å². The van der Waals surface area contributed by atoms with Crippen LogP contribution in [-0.4, -0.2) is 7.11 Å². The Kier molecular flexibility index (Phi) is 3.94. The lowest BCUT2D eigenvalue weighted by Crippen LogP contribution is -2.45. The summed E-state index contributed by atoms with van der Waals surface area (Å²) in [6.45, 7) is 0. The van der Waals surface area contributed by atoms with Gasteiger partial charge < -0.3 is 10.1 Å². The number of ether oxygens (including phenoxy) is 1. The van der Waals surface area contributed by atoms with Crippen molar-refractivity contribution in [2.24, 2.45) is 11.7 Å². The Morgan fingerprint density at radius 3 is 2.75 bits per heavy atom. The Morgan fingerprint density at radius 1 is 1.25 bits per heavy atom. The minimum Gasteiger partial charge on any atom is -0.496 e. The zero-order valence-electron chi connectivity index (χ0n) is 11.9. The van der Waals surface area contributed by atoms with E-state index in [9.17, 15) is 0 Å². The lowest BCUT2D eigenvalue weighted by molar-refractivity contribution is 0.366. The van der Waals surface area contributed by atoms with E-state index in [0.717, 1.165) is 11.3 Å². The number of nitrogens with two attached hydrogens (primary N) is 1. The fraction of sp³-hybridized carbons (Fsp3) is 0.500. The molecule has 0 radical (unpaired) electrons. The molecule has 4 heteroatoms. The number of benzene rings is 1. The summed E-state index contributed by atoms with van der Waals surface area (Å²) in [6, 6.07) is 7.98. The summed E-state index contributed by atoms with van der Waals surface area (Å²) in [5.74, 6) is 1.49. The number of para-hydroxylation sites is 1. The molecule has 1 saturated carbocycles. The van der Waals surface area contributed by atoms with Crippen LogP contribution in [0.5, 0.6) is 5.75 Å². The van der Waals surface area contributed by atoms with E-state index in [1.807, 2.05) is 24.3 Å². The van der Waals surface area contributed by atoms with Crippen molar-refractivity contribution in [1.29, 1.82) is 0 Å². The molecular formula is C16H22N2OS. The highest BCUT2D eigenvalue weighted by Crippen LogP contribution is 2.43. The summed E-state index contributed by atoms with van der Waals surface area (Å²) in [5.41, 5.74) is 8.89. The van der Waals surface area contributed by atoms with Gasteiger partial charge in [-0.15, -0.1) is 0 Å². The van der Waals surface area contributed by atoms with Crippen molar-refractivity contribution in [3.05, 3.63) is 40.9 Å². The molecule has 1 aliphatic heterocycles. The molecule has 0 amide bonds. The normalized spacial score (nSPS) is 27.0. The summed E-state index contributed by atoms with van der Waals surface area (Å²) in [5, 5.41) is 5.76. The summed E-state index contributed by atoms with van der Waals surface area (Å²) >= 11 is 1.65. The third-order valence-electron chi connectivity index (χ3n) is 4.25. The molecule has 108 valence electrons. The maximum atomic E-state index is 6.57. The molecule has 3 nitrogen and oxygen atoms in total. The first-order chi connectivity index (χ1) is 9.73. The average Bonchev–Trinajstić information content (AvgIpc) is 2.92. The van der Waals surface area contributed by atoms with E-state index in [4.69, 9.17) is 10.5 Å². The van der Waals surface area contributed by atoms with Gasteiger partial charge in [-0.25, -0.2) is 0 Å². The summed E-state index contributed by atoms with van der Waals surface area (Å²) in [7, 11) is 1.69. The van der Waals surface area contributed by atoms with Crippen molar-refractivity contribution in [1.82, 2.24) is 5.32 Å². The van der Waals surface area contributed by atoms with Crippen molar-refractivity contribution in [3.8, 4) is 5.75 Å². The van der Waals surface area contributed by atoms with Gasteiger partial charge in [0.15, 0.2) is 4.99 Å². The Morgan fingerprint density at radius 2 is 2.00 bits per heavy atom. The molecule has 20 heavy (non-hydrogen) atoms. The third-order valence-corrected chi connectivity index (χ3v) is 5.32. The van der Waals surface area contributed by atoms with Crippen LogP contribution in [0.15, 0.2) is 35.4 Å². The molecule has 3 rings (SSSR count). The van der Waals surface area contributed by atoms with E-state index in [0.29, 0.717) is 5.92 Å². The molecule has 0 aromatic heterocycles. The van der Waals surface area contributed by atoms with E-state index in [1.165, 1.54) is 37.8 Å². The maximum absolute atomic E-state index is 6.57. The predicted molar refractivity (Wildman–Crippen MR) is 84.2 cm³/mol. The second-order valence-electron chi connectivity index (χ2n) is 5.59. The van der Waals surface area contributed by atoms with Crippen molar-refractivity contribution in [3.63, 3.8) is 0 Å². The SMILES string of the molecule is COc1ccccc1C1(N)NC(C2CCCCC2)=CS1. The molecule has 1 fully saturated rings. The average molecular weight is 290 g/mol. The number of allylic oxidation sites excluding steroid dienone is 1. The molecule has 0 spiro atoms. The molecule has 1 aliphatic carbocycles. The smallest absolute Gasteiger partial charge is 0.168 e. The largest absolute Gasteiger partial charge is 0.496 e. The minimum atomic E-state index is -0.598. The Bertz CT molecular complexity index is 511. The molecule has 1 heterocycles. The van der Waals surface area contributed by atoms with Crippen LogP contribution >= 0.6 is 11.8 Å². The van der Waals surface area contributed by atoms with E-state index >= 15 is 0 Å². The minimum absolute atomic E-state index is 0.598. The van der Waals surface area contributed by atoms with Gasteiger partial charge in [0.1, 0.15) is 5.75 Å². The molecule has 0 bridgehead atoms. The van der Waals surface area contributed by atoms with Crippen LogP contribution in [0.1, 0.15) is 37.7 Å². The number of rotatable bonds is 3. The van der Waals surface area contributed by atoms with Crippen LogP contribution in [0.3, 0.4) is 0 Å². The summed E-state index contributed by atoms with van der Waals surface area (Å²) < 4.78 is 5.45. The van der Waals surface area contributed by atoms with Crippen molar-refractivity contribution < 1.29 is 4.74 Å². The number of hydrogen-bond acceptors (Lipinski definition) is 4. The summed E-state index contributed by atoms with van der Waals surface area (Å²) in [4.78, 5) is -0.598. The van der Waals surface area contributed by atoms with Crippen molar-refractivity contribution >= 4 is 11.8 Å². The highest BCUT2D eigenvalue weighted by molar-refractivity contribution is 8.03. The Balaban J connectivity index is 1.78. The van der Waals surface area contributed by atoms with E-state index < -0.39 is 4.99 Å². The van der Waals surface area contributed by atoms with E-state index in [1.54, 1.807) is 18.9 Å². The van der Waals surface area contributed by atoms with Gasteiger partial charge in [0, 0.05) is 11.3 Å². The van der Waals surface area contributed by atoms with Crippen molar-refractivity contribution in [2.45, 2.75) is 37.1 Å². The zero-order valence-corrected chi connectivity index (χ0v) is 12.7. The van der Waals surface area contributed by atoms with Gasteiger partial charge in [-0.1, -0.05) is 49.2 Å². The molecule has 1 aromatic carbocycles. The summed E-state index contributed by atoms with van der Waals surface area (Å²) in [6.07, 6.45) is 6.60. The predicted octanol–water partition coefficient (Wildman–Crippen LogP) is 3.52. The van der Waals surface area contributed by atoms with Crippen LogP contribution in [0.25, 0.3) is 0 Å². The monoisotopic (exact) mass is 290 g/mol. The lowest BCUT2D eigenvalue weighted by atomic mass is 9.87. The molecule has 0 saturated heterocycles. The lowest BCUT2D eigenvalue weighted by Gasteiger charge is -2.30. The zero-order chi connectivity index (χ0) is 14.0. The van der Waals surface area contributed by atoms with Crippen LogP contribution in [-0.2, 0) is 4.99 Å². The molecule has 1 unspecified atom stereocenters. The van der Waals surface area contributed by atoms with Gasteiger partial charge in [-0.2, -0.15) is 0 Å². The van der Waals surface area contributed by atoms with Crippen LogP contribution in [0, 0.1) is 5.92 Å². The number of methoxy groups -OCH3 is 1. The van der Waals surface area contributed by atoms with Gasteiger partial charge in [0.2, 0.25) is 0 Å². The standard InChI is InChI=1S/C16H22N2OS/c1-19-15-10-6-5-9-13(15)16(17)18-14(11-20-16)12-7-3-2-4-8-12/h5-6,9-12,18H,2-4,7-8,17H2,1H3. The van der Waals surface area contributed by atoms with Crippen LogP contribution in [0.4, 0.5) is 0 Å². The second-order valence-corrected chi connectivity index (χ2v) is 6.70. The molecular weight excluding hydrogens is 268 g/mol. The highest BCUT2D eigenvalue weighted by atomic mass is 32.2. The van der Waals surface area contributed by atoms with Gasteiger partial charge in [-0.05, 0) is 30.2 Å². The second kappa shape index (κ2) is 5.70. The fourth-order valence-electron chi connectivity index (χ4n) is 3.12. The van der Waals surface area contributed by atoms with Gasteiger partial charge in [-0.3, -0.25) is 5.73 Å². The number of hydrogen-bond donors (Lipinski definition) is 2. The molecule has 2 aliphatic rings. The third kappa shape index (κ3) is 2.54. The number of nitrogens with one attached hydrogen (secondary N) is 1. The Hall–Kier alpha value is -1.13. The molecule has 3 N–H and O–H groups in total. The van der Waals surface area contributed by atoms with Gasteiger partial charge >= 0.3 is 0 Å². The molecule has 1 aromatic rings. The maximum Gasteiger partial charge on any atom is 0.168 e. The molecule has 1 atom stereocenters. The van der Waals surface area contributed by atoms with Gasteiger partial charge in [0.05, 0.1) is 7.11 Å². The first-order valence-electron chi connectivity index (χ1n) is 7.31. The quantitative estimate of drug-likeness (QED) is 0.894. The van der Waals surface area contributed by atoms with Gasteiger partial charge in [0.25, 0.3) is 0 Å². The first-order valence-corrected chi connectivity index (χ1v) is 8.19. The Labute approximate surface area is 125 Å². The van der Waals surface area contributed by atoms with E-state index in [-0.39, 0.29) is 0 Å². The number of thioether (sulfide) groups is 1. The van der Waals surface area contributed by atoms with Crippen LogP contribution in [0.2, 0.25) is 0 Å². The fourth-order valence-corrected chi connectivity index (χ4v) is 4.16. The first kappa shape index (κ1) is 13.8. The highest BCUT2D eigenvalue weighted by Gasteiger charge is 2.37. The van der Waals surface area contributed by atoms with Crippen LogP contribution < -0.4 is 15.8 Å². The topological polar surface area (TPSA) is 47.3 Å².